The molecule has 1 aromatic heterocycles. The zero-order valence-corrected chi connectivity index (χ0v) is 28.0. The quantitative estimate of drug-likeness (QED) is 0.224. The van der Waals surface area contributed by atoms with Crippen molar-refractivity contribution in [3.63, 3.8) is 0 Å². The fraction of sp³-hybridized carbons (Fsp3) is 0.395. The third-order valence-corrected chi connectivity index (χ3v) is 9.30. The maximum atomic E-state index is 13.7. The van der Waals surface area contributed by atoms with E-state index in [0.717, 1.165) is 58.8 Å². The molecule has 47 heavy (non-hydrogen) atoms. The van der Waals surface area contributed by atoms with Crippen LogP contribution in [0.5, 0.6) is 11.5 Å². The smallest absolute Gasteiger partial charge is 0.251 e. The molecule has 1 aliphatic carbocycles. The molecule has 246 valence electrons. The molecule has 0 bridgehead atoms. The second-order valence-corrected chi connectivity index (χ2v) is 13.4. The molecule has 2 amide bonds. The van der Waals surface area contributed by atoms with Crippen molar-refractivity contribution in [3.8, 4) is 22.6 Å². The van der Waals surface area contributed by atoms with E-state index in [1.807, 2.05) is 76.6 Å². The average molecular weight is 637 g/mol. The normalized spacial score (nSPS) is 14.8. The standard InChI is InChI=1S/C38H45N5O4/c1-27-9-5-14-34(28(27)2)46-20-8-15-35(44)43-25-38(16-17-38)26-47-36-32(12-7-13-33(36)43)31-22-40-42(24-31)23-29-10-6-11-30(21-29)37(45)39-18-19-41(3)4/h5-7,9-14,21-22,24H,8,15-20,23,25-26H2,1-4H3,(H,39,45)/p+1. The van der Waals surface area contributed by atoms with Crippen LogP contribution in [-0.2, 0) is 11.3 Å². The number of aryl methyl sites for hydroxylation is 1. The van der Waals surface area contributed by atoms with Crippen molar-refractivity contribution in [2.24, 2.45) is 5.41 Å². The zero-order chi connectivity index (χ0) is 33.0. The van der Waals surface area contributed by atoms with Crippen molar-refractivity contribution < 1.29 is 24.0 Å². The number of likely N-dealkylation sites (N-methyl/N-ethyl adjacent to an activating group) is 1. The van der Waals surface area contributed by atoms with E-state index in [2.05, 4.69) is 44.4 Å². The van der Waals surface area contributed by atoms with Crippen LogP contribution in [-0.4, -0.2) is 68.5 Å². The van der Waals surface area contributed by atoms with E-state index >= 15 is 0 Å². The Morgan fingerprint density at radius 1 is 1.06 bits per heavy atom. The molecule has 6 rings (SSSR count). The Morgan fingerprint density at radius 3 is 2.68 bits per heavy atom. The van der Waals surface area contributed by atoms with Crippen molar-refractivity contribution in [2.45, 2.75) is 46.1 Å². The molecule has 3 aromatic carbocycles. The molecular formula is C38H46N5O4+. The lowest BCUT2D eigenvalue weighted by Gasteiger charge is -2.25. The van der Waals surface area contributed by atoms with Crippen LogP contribution in [0, 0.1) is 19.3 Å². The summed E-state index contributed by atoms with van der Waals surface area (Å²) in [5, 5.41) is 7.65. The van der Waals surface area contributed by atoms with E-state index in [-0.39, 0.29) is 17.2 Å². The van der Waals surface area contributed by atoms with Crippen molar-refractivity contribution in [3.05, 3.63) is 95.3 Å². The topological polar surface area (TPSA) is 90.1 Å². The van der Waals surface area contributed by atoms with Gasteiger partial charge in [0.2, 0.25) is 5.91 Å². The Balaban J connectivity index is 1.15. The Hall–Kier alpha value is -4.63. The van der Waals surface area contributed by atoms with Crippen molar-refractivity contribution in [2.75, 3.05) is 51.8 Å². The number of aromatic nitrogens is 2. The van der Waals surface area contributed by atoms with Gasteiger partial charge in [-0.25, -0.2) is 0 Å². The number of rotatable bonds is 12. The summed E-state index contributed by atoms with van der Waals surface area (Å²) in [5.74, 6) is 1.63. The highest BCUT2D eigenvalue weighted by molar-refractivity contribution is 5.97. The van der Waals surface area contributed by atoms with Crippen molar-refractivity contribution in [1.29, 1.82) is 0 Å². The lowest BCUT2D eigenvalue weighted by molar-refractivity contribution is -0.856. The number of ether oxygens (including phenoxy) is 2. The van der Waals surface area contributed by atoms with Gasteiger partial charge in [0.25, 0.3) is 5.91 Å². The van der Waals surface area contributed by atoms with Crippen molar-refractivity contribution in [1.82, 2.24) is 15.1 Å². The summed E-state index contributed by atoms with van der Waals surface area (Å²) in [7, 11) is 4.13. The summed E-state index contributed by atoms with van der Waals surface area (Å²) in [6.45, 7) is 7.91. The average Bonchev–Trinajstić information content (AvgIpc) is 3.72. The number of fused-ring (bicyclic) bond motifs is 1. The number of amides is 2. The first kappa shape index (κ1) is 32.3. The van der Waals surface area contributed by atoms with Crippen LogP contribution in [0.1, 0.15) is 52.7 Å². The predicted molar refractivity (Wildman–Crippen MR) is 183 cm³/mol. The van der Waals surface area contributed by atoms with Crippen LogP contribution >= 0.6 is 0 Å². The predicted octanol–water partition coefficient (Wildman–Crippen LogP) is 4.45. The van der Waals surface area contributed by atoms with Gasteiger partial charge < -0.3 is 24.6 Å². The molecule has 1 aliphatic heterocycles. The van der Waals surface area contributed by atoms with Crippen LogP contribution < -0.4 is 24.6 Å². The van der Waals surface area contributed by atoms with Crippen LogP contribution in [0.4, 0.5) is 5.69 Å². The van der Waals surface area contributed by atoms with Gasteiger partial charge in [-0.05, 0) is 74.1 Å². The Morgan fingerprint density at radius 2 is 1.87 bits per heavy atom. The van der Waals surface area contributed by atoms with Gasteiger partial charge in [0.15, 0.2) is 5.75 Å². The van der Waals surface area contributed by atoms with E-state index in [9.17, 15) is 9.59 Å². The van der Waals surface area contributed by atoms with Gasteiger partial charge in [-0.1, -0.05) is 36.4 Å². The fourth-order valence-electron chi connectivity index (χ4n) is 6.05. The van der Waals surface area contributed by atoms with Crippen LogP contribution in [0.25, 0.3) is 11.1 Å². The van der Waals surface area contributed by atoms with E-state index in [0.29, 0.717) is 51.3 Å². The summed E-state index contributed by atoms with van der Waals surface area (Å²) < 4.78 is 14.4. The highest BCUT2D eigenvalue weighted by Gasteiger charge is 2.48. The second-order valence-electron chi connectivity index (χ2n) is 13.4. The molecule has 9 nitrogen and oxygen atoms in total. The summed E-state index contributed by atoms with van der Waals surface area (Å²) in [6.07, 6.45) is 6.99. The third kappa shape index (κ3) is 7.68. The maximum Gasteiger partial charge on any atom is 0.251 e. The second kappa shape index (κ2) is 14.0. The summed E-state index contributed by atoms with van der Waals surface area (Å²) in [5.41, 5.74) is 6.62. The zero-order valence-electron chi connectivity index (χ0n) is 28.0. The molecule has 1 spiro atoms. The van der Waals surface area contributed by atoms with Gasteiger partial charge in [0, 0.05) is 41.3 Å². The largest absolute Gasteiger partial charge is 0.493 e. The maximum absolute atomic E-state index is 13.7. The monoisotopic (exact) mass is 636 g/mol. The van der Waals surface area contributed by atoms with Gasteiger partial charge >= 0.3 is 0 Å². The van der Waals surface area contributed by atoms with Crippen LogP contribution in [0.15, 0.2) is 73.1 Å². The third-order valence-electron chi connectivity index (χ3n) is 9.30. The molecule has 2 heterocycles. The molecule has 0 atom stereocenters. The van der Waals surface area contributed by atoms with Crippen molar-refractivity contribution >= 4 is 17.5 Å². The van der Waals surface area contributed by atoms with Gasteiger partial charge in [-0.15, -0.1) is 0 Å². The number of para-hydroxylation sites is 1. The molecule has 1 fully saturated rings. The fourth-order valence-corrected chi connectivity index (χ4v) is 6.05. The Labute approximate surface area is 277 Å². The van der Waals surface area contributed by atoms with Gasteiger partial charge in [-0.3, -0.25) is 14.3 Å². The molecule has 2 aliphatic rings. The molecule has 0 radical (unpaired) electrons. The first-order chi connectivity index (χ1) is 22.7. The Kier molecular flexibility index (Phi) is 9.63. The minimum absolute atomic E-state index is 0.0102. The molecule has 9 heteroatoms. The Bertz CT molecular complexity index is 1740. The number of quaternary nitrogens is 1. The number of nitrogens with zero attached hydrogens (tertiary/aromatic N) is 3. The van der Waals surface area contributed by atoms with Gasteiger partial charge in [0.05, 0.1) is 58.8 Å². The van der Waals surface area contributed by atoms with Crippen LogP contribution in [0.3, 0.4) is 0 Å². The summed E-state index contributed by atoms with van der Waals surface area (Å²) in [6, 6.07) is 19.7. The number of carbonyl (C=O) groups is 2. The van der Waals surface area contributed by atoms with Crippen LogP contribution in [0.2, 0.25) is 0 Å². The van der Waals surface area contributed by atoms with Gasteiger partial charge in [-0.2, -0.15) is 5.10 Å². The lowest BCUT2D eigenvalue weighted by atomic mass is 10.1. The number of hydrogen-bond donors (Lipinski definition) is 2. The molecular weight excluding hydrogens is 590 g/mol. The minimum atomic E-state index is -0.0696. The van der Waals surface area contributed by atoms with Gasteiger partial charge in [0.1, 0.15) is 5.75 Å². The minimum Gasteiger partial charge on any atom is -0.493 e. The molecule has 2 N–H and O–H groups in total. The molecule has 1 saturated carbocycles. The van der Waals surface area contributed by atoms with E-state index in [1.165, 1.54) is 10.5 Å². The summed E-state index contributed by atoms with van der Waals surface area (Å²) in [4.78, 5) is 29.7. The number of anilines is 1. The number of carbonyl (C=O) groups excluding carboxylic acids is 2. The first-order valence-corrected chi connectivity index (χ1v) is 16.7. The lowest BCUT2D eigenvalue weighted by Crippen LogP contribution is -3.06. The number of nitrogens with one attached hydrogen (secondary N) is 2. The number of hydrogen-bond acceptors (Lipinski definition) is 5. The van der Waals surface area contributed by atoms with E-state index < -0.39 is 0 Å². The highest BCUT2D eigenvalue weighted by atomic mass is 16.5. The summed E-state index contributed by atoms with van der Waals surface area (Å²) >= 11 is 0. The van der Waals surface area contributed by atoms with E-state index in [4.69, 9.17) is 9.47 Å². The highest BCUT2D eigenvalue weighted by Crippen LogP contribution is 2.52. The molecule has 4 aromatic rings. The first-order valence-electron chi connectivity index (χ1n) is 16.7. The molecule has 0 unspecified atom stereocenters. The van der Waals surface area contributed by atoms with E-state index in [1.54, 1.807) is 0 Å². The SMILES string of the molecule is Cc1cccc(OCCCC(=O)N2CC3(CC3)COc3c(-c4cnn(Cc5cccc(C(=O)NCC[NH+](C)C)c5)c4)cccc32)c1C. The number of benzene rings is 3. The molecule has 0 saturated heterocycles.